The summed E-state index contributed by atoms with van der Waals surface area (Å²) in [6, 6.07) is 13.7. The predicted octanol–water partition coefficient (Wildman–Crippen LogP) is 3.86. The average Bonchev–Trinajstić information content (AvgIpc) is 3.21. The molecule has 0 spiro atoms. The van der Waals surface area contributed by atoms with Crippen LogP contribution < -0.4 is 5.32 Å². The Kier molecular flexibility index (Phi) is 4.78. The number of hydrogen-bond acceptors (Lipinski definition) is 4. The molecular weight excluding hydrogens is 326 g/mol. The first-order valence-corrected chi connectivity index (χ1v) is 9.02. The summed E-state index contributed by atoms with van der Waals surface area (Å²) < 4.78 is 5.29. The summed E-state index contributed by atoms with van der Waals surface area (Å²) in [6.07, 6.45) is 7.41. The molecule has 1 aromatic carbocycles. The number of benzene rings is 1. The minimum Gasteiger partial charge on any atom is -0.469 e. The fourth-order valence-electron chi connectivity index (χ4n) is 3.38. The van der Waals surface area contributed by atoms with Crippen LogP contribution in [0.5, 0.6) is 0 Å². The smallest absolute Gasteiger partial charge is 0.220 e. The zero-order valence-corrected chi connectivity index (χ0v) is 14.5. The number of fused-ring (bicyclic) bond motifs is 1. The Morgan fingerprint density at radius 1 is 1.19 bits per heavy atom. The summed E-state index contributed by atoms with van der Waals surface area (Å²) in [5.41, 5.74) is 3.10. The molecule has 4 rings (SSSR count). The molecule has 2 aromatic heterocycles. The molecule has 5 nitrogen and oxygen atoms in total. The Labute approximate surface area is 152 Å². The summed E-state index contributed by atoms with van der Waals surface area (Å²) in [5, 5.41) is 3.14. The number of aromatic nitrogens is 2. The van der Waals surface area contributed by atoms with Crippen LogP contribution in [0.3, 0.4) is 0 Å². The van der Waals surface area contributed by atoms with E-state index in [1.54, 1.807) is 6.26 Å². The lowest BCUT2D eigenvalue weighted by atomic mass is 9.92. The second-order valence-electron chi connectivity index (χ2n) is 6.55. The molecule has 0 fully saturated rings. The second-order valence-corrected chi connectivity index (χ2v) is 6.55. The van der Waals surface area contributed by atoms with Crippen molar-refractivity contribution in [3.8, 4) is 11.4 Å². The highest BCUT2D eigenvalue weighted by molar-refractivity contribution is 5.76. The van der Waals surface area contributed by atoms with E-state index in [9.17, 15) is 4.79 Å². The summed E-state index contributed by atoms with van der Waals surface area (Å²) in [7, 11) is 0. The number of rotatable bonds is 5. The van der Waals surface area contributed by atoms with E-state index in [1.807, 2.05) is 48.7 Å². The number of carbonyl (C=O) groups is 1. The van der Waals surface area contributed by atoms with Gasteiger partial charge in [0.15, 0.2) is 5.82 Å². The van der Waals surface area contributed by atoms with Crippen LogP contribution in [-0.4, -0.2) is 15.9 Å². The van der Waals surface area contributed by atoms with Crippen molar-refractivity contribution in [2.24, 2.45) is 0 Å². The van der Waals surface area contributed by atoms with E-state index in [0.717, 1.165) is 47.7 Å². The summed E-state index contributed by atoms with van der Waals surface area (Å²) in [6.45, 7) is 0. The summed E-state index contributed by atoms with van der Waals surface area (Å²) in [5.74, 6) is 1.61. The lowest BCUT2D eigenvalue weighted by molar-refractivity contribution is -0.122. The average molecular weight is 347 g/mol. The van der Waals surface area contributed by atoms with Gasteiger partial charge in [-0.2, -0.15) is 0 Å². The van der Waals surface area contributed by atoms with Crippen molar-refractivity contribution in [3.63, 3.8) is 0 Å². The standard InChI is InChI=1S/C21H21N3O2/c25-20(12-11-16-8-5-13-26-16)23-18-9-4-10-19-17(18)14-22-21(24-19)15-6-2-1-3-7-15/h1-3,5-8,13-14,18H,4,9-12H2,(H,23,25). The van der Waals surface area contributed by atoms with Gasteiger partial charge in [0.05, 0.1) is 12.3 Å². The number of furan rings is 1. The normalized spacial score (nSPS) is 16.1. The molecular formula is C21H21N3O2. The summed E-state index contributed by atoms with van der Waals surface area (Å²) >= 11 is 0. The van der Waals surface area contributed by atoms with Crippen LogP contribution >= 0.6 is 0 Å². The first-order valence-electron chi connectivity index (χ1n) is 9.02. The van der Waals surface area contributed by atoms with Crippen LogP contribution in [0.1, 0.15) is 42.3 Å². The monoisotopic (exact) mass is 347 g/mol. The fourth-order valence-corrected chi connectivity index (χ4v) is 3.38. The zero-order chi connectivity index (χ0) is 17.8. The lowest BCUT2D eigenvalue weighted by Crippen LogP contribution is -2.31. The Morgan fingerprint density at radius 2 is 2.08 bits per heavy atom. The Balaban J connectivity index is 1.46. The Hall–Kier alpha value is -2.95. The maximum Gasteiger partial charge on any atom is 0.220 e. The minimum absolute atomic E-state index is 0.00678. The number of nitrogens with zero attached hydrogens (tertiary/aromatic N) is 2. The predicted molar refractivity (Wildman–Crippen MR) is 98.3 cm³/mol. The van der Waals surface area contributed by atoms with Crippen LogP contribution in [0, 0.1) is 0 Å². The van der Waals surface area contributed by atoms with Gasteiger partial charge in [0, 0.05) is 35.9 Å². The number of carbonyl (C=O) groups excluding carboxylic acids is 1. The van der Waals surface area contributed by atoms with E-state index in [-0.39, 0.29) is 11.9 Å². The topological polar surface area (TPSA) is 68.0 Å². The molecule has 0 bridgehead atoms. The quantitative estimate of drug-likeness (QED) is 0.761. The van der Waals surface area contributed by atoms with Crippen LogP contribution in [0.25, 0.3) is 11.4 Å². The highest BCUT2D eigenvalue weighted by Crippen LogP contribution is 2.29. The highest BCUT2D eigenvalue weighted by Gasteiger charge is 2.24. The van der Waals surface area contributed by atoms with Crippen molar-refractivity contribution in [2.75, 3.05) is 0 Å². The molecule has 0 saturated carbocycles. The SMILES string of the molecule is O=C(CCc1ccco1)NC1CCCc2nc(-c3ccccc3)ncc21. The molecule has 26 heavy (non-hydrogen) atoms. The van der Waals surface area contributed by atoms with Crippen molar-refractivity contribution in [1.29, 1.82) is 0 Å². The Morgan fingerprint density at radius 3 is 2.88 bits per heavy atom. The van der Waals surface area contributed by atoms with E-state index < -0.39 is 0 Å². The van der Waals surface area contributed by atoms with Crippen molar-refractivity contribution in [3.05, 3.63) is 71.9 Å². The number of nitrogens with one attached hydrogen (secondary N) is 1. The Bertz CT molecular complexity index is 876. The van der Waals surface area contributed by atoms with Gasteiger partial charge in [-0.05, 0) is 31.4 Å². The third-order valence-corrected chi connectivity index (χ3v) is 4.73. The first-order chi connectivity index (χ1) is 12.8. The van der Waals surface area contributed by atoms with Gasteiger partial charge in [0.1, 0.15) is 5.76 Å². The molecule has 1 aliphatic rings. The van der Waals surface area contributed by atoms with Crippen molar-refractivity contribution in [1.82, 2.24) is 15.3 Å². The highest BCUT2D eigenvalue weighted by atomic mass is 16.3. The van der Waals surface area contributed by atoms with E-state index in [2.05, 4.69) is 10.3 Å². The van der Waals surface area contributed by atoms with Gasteiger partial charge >= 0.3 is 0 Å². The molecule has 1 unspecified atom stereocenters. The van der Waals surface area contributed by atoms with Crippen LogP contribution in [0.2, 0.25) is 0 Å². The van der Waals surface area contributed by atoms with Gasteiger partial charge in [0.25, 0.3) is 0 Å². The third kappa shape index (κ3) is 3.67. The molecule has 1 atom stereocenters. The van der Waals surface area contributed by atoms with Gasteiger partial charge in [-0.15, -0.1) is 0 Å². The molecule has 5 heteroatoms. The van der Waals surface area contributed by atoms with Crippen LogP contribution in [-0.2, 0) is 17.6 Å². The largest absolute Gasteiger partial charge is 0.469 e. The van der Waals surface area contributed by atoms with Gasteiger partial charge in [-0.3, -0.25) is 4.79 Å². The molecule has 0 saturated heterocycles. The molecule has 1 amide bonds. The van der Waals surface area contributed by atoms with Crippen molar-refractivity contribution >= 4 is 5.91 Å². The number of amides is 1. The molecule has 132 valence electrons. The molecule has 3 aromatic rings. The van der Waals surface area contributed by atoms with Crippen LogP contribution in [0.15, 0.2) is 59.3 Å². The van der Waals surface area contributed by atoms with Gasteiger partial charge in [0.2, 0.25) is 5.91 Å². The van der Waals surface area contributed by atoms with E-state index in [0.29, 0.717) is 12.8 Å². The molecule has 1 aliphatic carbocycles. The van der Waals surface area contributed by atoms with Gasteiger partial charge < -0.3 is 9.73 Å². The lowest BCUT2D eigenvalue weighted by Gasteiger charge is -2.25. The molecule has 1 N–H and O–H groups in total. The fraction of sp³-hybridized carbons (Fsp3) is 0.286. The van der Waals surface area contributed by atoms with Crippen molar-refractivity contribution in [2.45, 2.75) is 38.1 Å². The van der Waals surface area contributed by atoms with Crippen molar-refractivity contribution < 1.29 is 9.21 Å². The number of aryl methyl sites for hydroxylation is 2. The molecule has 2 heterocycles. The second kappa shape index (κ2) is 7.52. The minimum atomic E-state index is -0.00678. The molecule has 0 aliphatic heterocycles. The van der Waals surface area contributed by atoms with E-state index >= 15 is 0 Å². The van der Waals surface area contributed by atoms with E-state index in [1.165, 1.54) is 0 Å². The van der Waals surface area contributed by atoms with Gasteiger partial charge in [-0.25, -0.2) is 9.97 Å². The zero-order valence-electron chi connectivity index (χ0n) is 14.5. The molecule has 0 radical (unpaired) electrons. The first kappa shape index (κ1) is 16.5. The summed E-state index contributed by atoms with van der Waals surface area (Å²) in [4.78, 5) is 21.6. The van der Waals surface area contributed by atoms with Gasteiger partial charge in [-0.1, -0.05) is 30.3 Å². The third-order valence-electron chi connectivity index (χ3n) is 4.73. The maximum absolute atomic E-state index is 12.3. The van der Waals surface area contributed by atoms with E-state index in [4.69, 9.17) is 9.40 Å². The maximum atomic E-state index is 12.3. The number of hydrogen-bond donors (Lipinski definition) is 1. The van der Waals surface area contributed by atoms with Crippen LogP contribution in [0.4, 0.5) is 0 Å².